The maximum Gasteiger partial charge on any atom is 0.250 e. The number of benzene rings is 1. The summed E-state index contributed by atoms with van der Waals surface area (Å²) in [7, 11) is 0. The lowest BCUT2D eigenvalue weighted by molar-refractivity contribution is -0.128. The van der Waals surface area contributed by atoms with E-state index in [4.69, 9.17) is 9.47 Å². The molecule has 0 radical (unpaired) electrons. The van der Waals surface area contributed by atoms with Gasteiger partial charge in [0.25, 0.3) is 5.92 Å². The van der Waals surface area contributed by atoms with Gasteiger partial charge in [-0.25, -0.2) is 8.78 Å². The van der Waals surface area contributed by atoms with Crippen LogP contribution in [0.2, 0.25) is 0 Å². The minimum absolute atomic E-state index is 0.209. The Hall–Kier alpha value is -1.80. The van der Waals surface area contributed by atoms with E-state index in [-0.39, 0.29) is 37.8 Å². The van der Waals surface area contributed by atoms with E-state index >= 15 is 0 Å². The Kier molecular flexibility index (Phi) is 6.73. The predicted octanol–water partition coefficient (Wildman–Crippen LogP) is 4.38. The Labute approximate surface area is 174 Å². The number of nitrogens with one attached hydrogen (secondary N) is 1. The maximum atomic E-state index is 13.4. The zero-order chi connectivity index (χ0) is 21.2. The highest BCUT2D eigenvalue weighted by Crippen LogP contribution is 2.41. The molecule has 1 unspecified atom stereocenters. The van der Waals surface area contributed by atoms with Gasteiger partial charge in [-0.2, -0.15) is 0 Å². The smallest absolute Gasteiger partial charge is 0.250 e. The number of hydrogen-bond acceptors (Lipinski definition) is 5. The molecule has 0 aromatic heterocycles. The Bertz CT molecular complexity index is 775. The Morgan fingerprint density at radius 3 is 2.34 bits per heavy atom. The molecule has 1 aromatic rings. The molecule has 2 heterocycles. The molecule has 1 amide bonds. The van der Waals surface area contributed by atoms with E-state index in [1.54, 1.807) is 11.8 Å². The first-order valence-corrected chi connectivity index (χ1v) is 10.7. The summed E-state index contributed by atoms with van der Waals surface area (Å²) in [6.07, 6.45) is -0.426. The predicted molar refractivity (Wildman–Crippen MR) is 110 cm³/mol. The molecule has 1 saturated heterocycles. The van der Waals surface area contributed by atoms with E-state index in [0.29, 0.717) is 24.0 Å². The van der Waals surface area contributed by atoms with Gasteiger partial charge in [-0.3, -0.25) is 9.69 Å². The van der Waals surface area contributed by atoms with Crippen LogP contribution in [-0.4, -0.2) is 49.1 Å². The summed E-state index contributed by atoms with van der Waals surface area (Å²) in [5.41, 5.74) is 1.08. The lowest BCUT2D eigenvalue weighted by atomic mass is 10.0. The van der Waals surface area contributed by atoms with Crippen molar-refractivity contribution in [3.05, 3.63) is 29.3 Å². The molecule has 1 N–H and O–H groups in total. The second-order valence-electron chi connectivity index (χ2n) is 7.77. The number of rotatable bonds is 6. The Morgan fingerprint density at radius 2 is 1.76 bits per heavy atom. The van der Waals surface area contributed by atoms with Gasteiger partial charge in [0, 0.05) is 30.8 Å². The normalized spacial score (nSPS) is 19.7. The molecule has 2 aliphatic rings. The van der Waals surface area contributed by atoms with Crippen LogP contribution in [0.15, 0.2) is 28.6 Å². The van der Waals surface area contributed by atoms with Crippen LogP contribution in [0.3, 0.4) is 0 Å². The summed E-state index contributed by atoms with van der Waals surface area (Å²) >= 11 is 1.36. The molecule has 1 atom stereocenters. The topological polar surface area (TPSA) is 50.8 Å². The molecule has 5 nitrogen and oxygen atoms in total. The van der Waals surface area contributed by atoms with Crippen molar-refractivity contribution in [3.63, 3.8) is 0 Å². The van der Waals surface area contributed by atoms with Crippen LogP contribution in [0, 0.1) is 0 Å². The second-order valence-corrected chi connectivity index (χ2v) is 8.91. The van der Waals surface area contributed by atoms with Crippen LogP contribution in [0.1, 0.15) is 45.1 Å². The van der Waals surface area contributed by atoms with Gasteiger partial charge >= 0.3 is 0 Å². The van der Waals surface area contributed by atoms with Crippen molar-refractivity contribution in [1.82, 2.24) is 10.2 Å². The third-order valence-corrected chi connectivity index (χ3v) is 6.17. The number of alkyl halides is 2. The number of amides is 1. The number of likely N-dealkylation sites (tertiary alicyclic amines) is 1. The number of carbonyl (C=O) groups is 1. The van der Waals surface area contributed by atoms with Gasteiger partial charge in [0.05, 0.1) is 11.1 Å². The van der Waals surface area contributed by atoms with Crippen molar-refractivity contribution >= 4 is 17.7 Å². The van der Waals surface area contributed by atoms with E-state index in [0.717, 1.165) is 16.2 Å². The van der Waals surface area contributed by atoms with Crippen LogP contribution >= 0.6 is 11.8 Å². The molecule has 1 fully saturated rings. The lowest BCUT2D eigenvalue weighted by Gasteiger charge is -2.35. The molecular weight excluding hydrogens is 398 g/mol. The number of carbonyl (C=O) groups excluding carboxylic acids is 1. The van der Waals surface area contributed by atoms with Crippen molar-refractivity contribution < 1.29 is 23.0 Å². The molecule has 0 aliphatic carbocycles. The average Bonchev–Trinajstić information content (AvgIpc) is 2.66. The van der Waals surface area contributed by atoms with Crippen molar-refractivity contribution in [2.45, 2.75) is 56.4 Å². The first-order valence-electron chi connectivity index (χ1n) is 9.89. The fourth-order valence-corrected chi connectivity index (χ4v) is 4.43. The van der Waals surface area contributed by atoms with Crippen molar-refractivity contribution in [2.75, 3.05) is 26.3 Å². The molecule has 0 saturated carbocycles. The zero-order valence-corrected chi connectivity index (χ0v) is 17.9. The van der Waals surface area contributed by atoms with E-state index in [1.807, 2.05) is 12.1 Å². The van der Waals surface area contributed by atoms with Crippen LogP contribution in [-0.2, 0) is 4.79 Å². The maximum absolute atomic E-state index is 13.4. The summed E-state index contributed by atoms with van der Waals surface area (Å²) < 4.78 is 38.0. The Morgan fingerprint density at radius 1 is 1.17 bits per heavy atom. The highest BCUT2D eigenvalue weighted by atomic mass is 32.2. The van der Waals surface area contributed by atoms with Crippen LogP contribution in [0.4, 0.5) is 8.78 Å². The van der Waals surface area contributed by atoms with E-state index in [9.17, 15) is 13.6 Å². The fraction of sp³-hybridized carbons (Fsp3) is 0.571. The van der Waals surface area contributed by atoms with Gasteiger partial charge in [-0.05, 0) is 30.5 Å². The fourth-order valence-electron chi connectivity index (χ4n) is 3.43. The number of fused-ring (bicyclic) bond motifs is 1. The van der Waals surface area contributed by atoms with Gasteiger partial charge in [-0.1, -0.05) is 32.2 Å². The SMILES string of the molecule is C=C(NC(=O)C(C)N1CCC(F)(F)CC1)Sc1cc2c(cc1C(C)C)OCCO2. The molecule has 29 heavy (non-hydrogen) atoms. The van der Waals surface area contributed by atoms with Gasteiger partial charge in [0.1, 0.15) is 13.2 Å². The summed E-state index contributed by atoms with van der Waals surface area (Å²) in [6.45, 7) is 11.3. The van der Waals surface area contributed by atoms with Crippen LogP contribution in [0.5, 0.6) is 11.5 Å². The summed E-state index contributed by atoms with van der Waals surface area (Å²) in [5.74, 6) is -1.20. The van der Waals surface area contributed by atoms with Gasteiger partial charge in [0.15, 0.2) is 11.5 Å². The first kappa shape index (κ1) is 21.9. The van der Waals surface area contributed by atoms with Crippen molar-refractivity contribution in [1.29, 1.82) is 0 Å². The van der Waals surface area contributed by atoms with Gasteiger partial charge in [0.2, 0.25) is 5.91 Å². The highest BCUT2D eigenvalue weighted by molar-refractivity contribution is 8.03. The molecule has 8 heteroatoms. The number of thioether (sulfide) groups is 1. The number of ether oxygens (including phenoxy) is 2. The second kappa shape index (κ2) is 8.92. The number of halogens is 2. The quantitative estimate of drug-likeness (QED) is 0.684. The van der Waals surface area contributed by atoms with Crippen LogP contribution < -0.4 is 14.8 Å². The summed E-state index contributed by atoms with van der Waals surface area (Å²) in [4.78, 5) is 15.3. The number of nitrogens with zero attached hydrogens (tertiary/aromatic N) is 1. The monoisotopic (exact) mass is 426 g/mol. The largest absolute Gasteiger partial charge is 0.486 e. The number of piperidine rings is 1. The Balaban J connectivity index is 1.63. The number of hydrogen-bond donors (Lipinski definition) is 1. The lowest BCUT2D eigenvalue weighted by Crippen LogP contribution is -2.49. The average molecular weight is 427 g/mol. The molecule has 0 spiro atoms. The van der Waals surface area contributed by atoms with E-state index < -0.39 is 12.0 Å². The van der Waals surface area contributed by atoms with E-state index in [1.165, 1.54) is 11.8 Å². The molecule has 2 aliphatic heterocycles. The highest BCUT2D eigenvalue weighted by Gasteiger charge is 2.36. The van der Waals surface area contributed by atoms with Crippen molar-refractivity contribution in [3.8, 4) is 11.5 Å². The molecule has 160 valence electrons. The summed E-state index contributed by atoms with van der Waals surface area (Å²) in [5, 5.41) is 3.31. The first-order chi connectivity index (χ1) is 13.7. The standard InChI is InChI=1S/C21H28F2N2O3S/c1-13(2)16-11-17-18(28-10-9-27-17)12-19(16)29-15(4)24-20(26)14(3)25-7-5-21(22,23)6-8-25/h11-14H,4-10H2,1-3H3,(H,24,26). The minimum atomic E-state index is -2.63. The third kappa shape index (κ3) is 5.42. The van der Waals surface area contributed by atoms with Crippen molar-refractivity contribution in [2.24, 2.45) is 0 Å². The zero-order valence-electron chi connectivity index (χ0n) is 17.1. The molecule has 0 bridgehead atoms. The van der Waals surface area contributed by atoms with Gasteiger partial charge in [-0.15, -0.1) is 0 Å². The molecule has 1 aromatic carbocycles. The van der Waals surface area contributed by atoms with Crippen LogP contribution in [0.25, 0.3) is 0 Å². The molecule has 3 rings (SSSR count). The summed E-state index contributed by atoms with van der Waals surface area (Å²) in [6, 6.07) is 3.41. The van der Waals surface area contributed by atoms with E-state index in [2.05, 4.69) is 25.7 Å². The minimum Gasteiger partial charge on any atom is -0.486 e. The molecular formula is C21H28F2N2O3S. The third-order valence-electron chi connectivity index (χ3n) is 5.25. The van der Waals surface area contributed by atoms with Gasteiger partial charge < -0.3 is 14.8 Å².